The zero-order chi connectivity index (χ0) is 15.6. The van der Waals surface area contributed by atoms with Crippen LogP contribution in [-0.2, 0) is 17.9 Å². The molecule has 0 radical (unpaired) electrons. The first kappa shape index (κ1) is 14.5. The summed E-state index contributed by atoms with van der Waals surface area (Å²) in [7, 11) is 0. The number of amides is 1. The van der Waals surface area contributed by atoms with E-state index in [0.29, 0.717) is 6.54 Å². The standard InChI is InChI=1S/C18H22N4O/c23-18(15-6-8-19-9-7-15)22-13-17-20-10-11-21(17)12-16(22)14-4-2-1-3-5-14/h1-5,10-11,15-16,19H,6-9,12-13H2/t16-/m0/s1. The van der Waals surface area contributed by atoms with Gasteiger partial charge in [-0.05, 0) is 31.5 Å². The molecule has 1 saturated heterocycles. The molecule has 2 aliphatic heterocycles. The van der Waals surface area contributed by atoms with Crippen LogP contribution >= 0.6 is 0 Å². The molecular formula is C18H22N4O. The number of carbonyl (C=O) groups is 1. The van der Waals surface area contributed by atoms with Crippen molar-refractivity contribution >= 4 is 5.91 Å². The zero-order valence-electron chi connectivity index (χ0n) is 13.2. The predicted molar refractivity (Wildman–Crippen MR) is 87.6 cm³/mol. The molecule has 0 saturated carbocycles. The molecule has 0 spiro atoms. The van der Waals surface area contributed by atoms with Gasteiger partial charge in [-0.3, -0.25) is 4.79 Å². The number of fused-ring (bicyclic) bond motifs is 1. The molecule has 1 aromatic carbocycles. The van der Waals surface area contributed by atoms with Gasteiger partial charge < -0.3 is 14.8 Å². The van der Waals surface area contributed by atoms with Crippen LogP contribution in [0.25, 0.3) is 0 Å². The molecule has 1 fully saturated rings. The second-order valence-corrected chi connectivity index (χ2v) is 6.41. The number of nitrogens with zero attached hydrogens (tertiary/aromatic N) is 3. The molecular weight excluding hydrogens is 288 g/mol. The number of hydrogen-bond acceptors (Lipinski definition) is 3. The first-order chi connectivity index (χ1) is 11.3. The van der Waals surface area contributed by atoms with Crippen molar-refractivity contribution in [3.63, 3.8) is 0 Å². The van der Waals surface area contributed by atoms with Crippen LogP contribution in [0.2, 0.25) is 0 Å². The Morgan fingerprint density at radius 2 is 1.96 bits per heavy atom. The Balaban J connectivity index is 1.65. The van der Waals surface area contributed by atoms with E-state index in [1.807, 2.05) is 35.5 Å². The molecule has 0 unspecified atom stereocenters. The molecule has 3 heterocycles. The number of piperidine rings is 1. The minimum Gasteiger partial charge on any atom is -0.331 e. The van der Waals surface area contributed by atoms with E-state index in [-0.39, 0.29) is 17.9 Å². The minimum atomic E-state index is 0.0975. The summed E-state index contributed by atoms with van der Waals surface area (Å²) in [5.41, 5.74) is 1.20. The average Bonchev–Trinajstić information content (AvgIpc) is 3.09. The average molecular weight is 310 g/mol. The van der Waals surface area contributed by atoms with Gasteiger partial charge in [-0.25, -0.2) is 4.98 Å². The third-order valence-corrected chi connectivity index (χ3v) is 5.02. The number of benzene rings is 1. The molecule has 0 bridgehead atoms. The van der Waals surface area contributed by atoms with Crippen molar-refractivity contribution in [1.29, 1.82) is 0 Å². The van der Waals surface area contributed by atoms with E-state index >= 15 is 0 Å². The van der Waals surface area contributed by atoms with Crippen LogP contribution in [-0.4, -0.2) is 33.4 Å². The quantitative estimate of drug-likeness (QED) is 0.922. The summed E-state index contributed by atoms with van der Waals surface area (Å²) in [4.78, 5) is 19.6. The molecule has 1 N–H and O–H groups in total. The van der Waals surface area contributed by atoms with Crippen LogP contribution in [0, 0.1) is 5.92 Å². The van der Waals surface area contributed by atoms with Crippen LogP contribution in [0.5, 0.6) is 0 Å². The maximum absolute atomic E-state index is 13.1. The van der Waals surface area contributed by atoms with Crippen molar-refractivity contribution in [2.24, 2.45) is 5.92 Å². The molecule has 4 rings (SSSR count). The van der Waals surface area contributed by atoms with Gasteiger partial charge in [0, 0.05) is 24.9 Å². The van der Waals surface area contributed by atoms with Crippen molar-refractivity contribution < 1.29 is 4.79 Å². The Morgan fingerprint density at radius 1 is 1.17 bits per heavy atom. The van der Waals surface area contributed by atoms with E-state index in [4.69, 9.17) is 0 Å². The number of rotatable bonds is 2. The van der Waals surface area contributed by atoms with Gasteiger partial charge in [-0.15, -0.1) is 0 Å². The second kappa shape index (κ2) is 6.16. The van der Waals surface area contributed by atoms with E-state index in [9.17, 15) is 4.79 Å². The van der Waals surface area contributed by atoms with E-state index in [1.165, 1.54) is 5.56 Å². The Labute approximate surface area is 136 Å². The van der Waals surface area contributed by atoms with Crippen molar-refractivity contribution in [2.75, 3.05) is 13.1 Å². The number of aromatic nitrogens is 2. The minimum absolute atomic E-state index is 0.0975. The van der Waals surface area contributed by atoms with Crippen molar-refractivity contribution in [2.45, 2.75) is 32.0 Å². The lowest BCUT2D eigenvalue weighted by molar-refractivity contribution is -0.141. The Bertz CT molecular complexity index is 675. The highest BCUT2D eigenvalue weighted by molar-refractivity contribution is 5.79. The van der Waals surface area contributed by atoms with Crippen LogP contribution in [0.1, 0.15) is 30.3 Å². The van der Waals surface area contributed by atoms with Gasteiger partial charge >= 0.3 is 0 Å². The van der Waals surface area contributed by atoms with Gasteiger partial charge in [0.05, 0.1) is 12.6 Å². The van der Waals surface area contributed by atoms with Gasteiger partial charge in [0.25, 0.3) is 0 Å². The third-order valence-electron chi connectivity index (χ3n) is 5.02. The maximum Gasteiger partial charge on any atom is 0.226 e. The van der Waals surface area contributed by atoms with Crippen molar-refractivity contribution in [3.8, 4) is 0 Å². The highest BCUT2D eigenvalue weighted by atomic mass is 16.2. The van der Waals surface area contributed by atoms with Gasteiger partial charge in [-0.2, -0.15) is 0 Å². The zero-order valence-corrected chi connectivity index (χ0v) is 13.2. The van der Waals surface area contributed by atoms with Crippen molar-refractivity contribution in [3.05, 3.63) is 54.1 Å². The van der Waals surface area contributed by atoms with Crippen LogP contribution in [0.15, 0.2) is 42.7 Å². The summed E-state index contributed by atoms with van der Waals surface area (Å²) in [6, 6.07) is 10.5. The van der Waals surface area contributed by atoms with E-state index < -0.39 is 0 Å². The summed E-state index contributed by atoms with van der Waals surface area (Å²) < 4.78 is 2.17. The number of imidazole rings is 1. The van der Waals surface area contributed by atoms with Crippen molar-refractivity contribution in [1.82, 2.24) is 19.8 Å². The molecule has 120 valence electrons. The number of carbonyl (C=O) groups excluding carboxylic acids is 1. The fourth-order valence-corrected chi connectivity index (χ4v) is 3.70. The van der Waals surface area contributed by atoms with E-state index in [1.54, 1.807) is 0 Å². The summed E-state index contributed by atoms with van der Waals surface area (Å²) in [6.45, 7) is 3.27. The monoisotopic (exact) mass is 310 g/mol. The Kier molecular flexibility index (Phi) is 3.87. The summed E-state index contributed by atoms with van der Waals surface area (Å²) in [5, 5.41) is 3.34. The van der Waals surface area contributed by atoms with Gasteiger partial charge in [0.15, 0.2) is 0 Å². The predicted octanol–water partition coefficient (Wildman–Crippen LogP) is 1.97. The Hall–Kier alpha value is -2.14. The molecule has 1 aromatic heterocycles. The highest BCUT2D eigenvalue weighted by Crippen LogP contribution is 2.31. The SMILES string of the molecule is O=C(C1CCNCC1)N1Cc2nccn2C[C@H]1c1ccccc1. The normalized spacial score (nSPS) is 21.9. The molecule has 23 heavy (non-hydrogen) atoms. The molecule has 0 aliphatic carbocycles. The second-order valence-electron chi connectivity index (χ2n) is 6.41. The van der Waals surface area contributed by atoms with Gasteiger partial charge in [0.2, 0.25) is 5.91 Å². The largest absolute Gasteiger partial charge is 0.331 e. The van der Waals surface area contributed by atoms with Crippen LogP contribution in [0.4, 0.5) is 0 Å². The highest BCUT2D eigenvalue weighted by Gasteiger charge is 2.35. The van der Waals surface area contributed by atoms with E-state index in [0.717, 1.165) is 38.3 Å². The summed E-state index contributed by atoms with van der Waals surface area (Å²) in [6.07, 6.45) is 5.71. The van der Waals surface area contributed by atoms with Crippen LogP contribution < -0.4 is 5.32 Å². The lowest BCUT2D eigenvalue weighted by atomic mass is 9.94. The summed E-state index contributed by atoms with van der Waals surface area (Å²) >= 11 is 0. The Morgan fingerprint density at radius 3 is 2.74 bits per heavy atom. The smallest absolute Gasteiger partial charge is 0.226 e. The van der Waals surface area contributed by atoms with E-state index in [2.05, 4.69) is 27.0 Å². The molecule has 5 heteroatoms. The molecule has 1 atom stereocenters. The number of hydrogen-bond donors (Lipinski definition) is 1. The molecule has 5 nitrogen and oxygen atoms in total. The molecule has 1 amide bonds. The fourth-order valence-electron chi connectivity index (χ4n) is 3.70. The lowest BCUT2D eigenvalue weighted by Crippen LogP contribution is -2.46. The topological polar surface area (TPSA) is 50.2 Å². The van der Waals surface area contributed by atoms with Gasteiger partial charge in [0.1, 0.15) is 5.82 Å². The first-order valence-corrected chi connectivity index (χ1v) is 8.39. The molecule has 2 aromatic rings. The summed E-state index contributed by atoms with van der Waals surface area (Å²) in [5.74, 6) is 1.41. The fraction of sp³-hybridized carbons (Fsp3) is 0.444. The van der Waals surface area contributed by atoms with Crippen LogP contribution in [0.3, 0.4) is 0 Å². The first-order valence-electron chi connectivity index (χ1n) is 8.39. The molecule has 2 aliphatic rings. The maximum atomic E-state index is 13.1. The number of nitrogens with one attached hydrogen (secondary N) is 1. The lowest BCUT2D eigenvalue weighted by Gasteiger charge is -2.39. The van der Waals surface area contributed by atoms with Gasteiger partial charge in [-0.1, -0.05) is 30.3 Å². The third kappa shape index (κ3) is 2.77.